The molecule has 2 aliphatic carbocycles. The second kappa shape index (κ2) is 7.56. The fraction of sp³-hybridized carbons (Fsp3) is 0.938. The van der Waals surface area contributed by atoms with Gasteiger partial charge in [0.15, 0.2) is 0 Å². The van der Waals surface area contributed by atoms with Gasteiger partial charge in [-0.2, -0.15) is 0 Å². The van der Waals surface area contributed by atoms with Crippen LogP contribution in [0, 0.1) is 5.92 Å². The lowest BCUT2D eigenvalue weighted by Crippen LogP contribution is -2.59. The zero-order chi connectivity index (χ0) is 15.3. The smallest absolute Gasteiger partial charge is 0.329 e. The van der Waals surface area contributed by atoms with E-state index in [0.29, 0.717) is 38.4 Å². The van der Waals surface area contributed by atoms with E-state index in [4.69, 9.17) is 14.2 Å². The number of esters is 1. The summed E-state index contributed by atoms with van der Waals surface area (Å²) in [4.78, 5) is 12.5. The number of ether oxygens (including phenoxy) is 3. The first-order chi connectivity index (χ1) is 10.1. The summed E-state index contributed by atoms with van der Waals surface area (Å²) >= 11 is 0. The lowest BCUT2D eigenvalue weighted by Gasteiger charge is -2.33. The molecule has 2 rings (SSSR count). The molecule has 0 spiro atoms. The molecule has 0 aromatic heterocycles. The van der Waals surface area contributed by atoms with E-state index in [0.717, 1.165) is 25.7 Å². The molecule has 0 aromatic rings. The Bertz CT molecular complexity index is 341. The number of hydrogen-bond acceptors (Lipinski definition) is 5. The zero-order valence-corrected chi connectivity index (χ0v) is 13.5. The summed E-state index contributed by atoms with van der Waals surface area (Å²) in [7, 11) is 0. The molecule has 0 aliphatic heterocycles. The molecule has 0 heterocycles. The Morgan fingerprint density at radius 3 is 2.48 bits per heavy atom. The highest BCUT2D eigenvalue weighted by Crippen LogP contribution is 2.42. The van der Waals surface area contributed by atoms with Crippen LogP contribution in [0.25, 0.3) is 0 Å². The second-order valence-corrected chi connectivity index (χ2v) is 6.17. The van der Waals surface area contributed by atoms with E-state index in [-0.39, 0.29) is 12.1 Å². The van der Waals surface area contributed by atoms with Gasteiger partial charge in [0.1, 0.15) is 5.54 Å². The molecule has 0 aromatic carbocycles. The molecule has 0 amide bonds. The highest BCUT2D eigenvalue weighted by Gasteiger charge is 2.54. The van der Waals surface area contributed by atoms with Gasteiger partial charge < -0.3 is 14.2 Å². The van der Waals surface area contributed by atoms with Crippen LogP contribution in [0.15, 0.2) is 0 Å². The minimum atomic E-state index is -0.655. The Kier molecular flexibility index (Phi) is 6.02. The second-order valence-electron chi connectivity index (χ2n) is 6.17. The van der Waals surface area contributed by atoms with Crippen molar-refractivity contribution in [3.8, 4) is 0 Å². The maximum atomic E-state index is 12.5. The van der Waals surface area contributed by atoms with E-state index in [1.165, 1.54) is 0 Å². The van der Waals surface area contributed by atoms with E-state index >= 15 is 0 Å². The molecule has 0 radical (unpaired) electrons. The number of carbonyl (C=O) groups is 1. The number of hydrogen-bond donors (Lipinski definition) is 1. The number of carbonyl (C=O) groups excluding carboxylic acids is 1. The van der Waals surface area contributed by atoms with Crippen LogP contribution in [0.5, 0.6) is 0 Å². The summed E-state index contributed by atoms with van der Waals surface area (Å²) in [6.45, 7) is 7.83. The van der Waals surface area contributed by atoms with Crippen LogP contribution in [0.3, 0.4) is 0 Å². The van der Waals surface area contributed by atoms with Gasteiger partial charge in [-0.05, 0) is 52.4 Å². The fourth-order valence-corrected chi connectivity index (χ4v) is 2.60. The Morgan fingerprint density at radius 1 is 1.24 bits per heavy atom. The highest BCUT2D eigenvalue weighted by atomic mass is 16.5. The average molecular weight is 299 g/mol. The third-order valence-electron chi connectivity index (χ3n) is 4.11. The molecule has 5 nitrogen and oxygen atoms in total. The first-order valence-electron chi connectivity index (χ1n) is 8.26. The van der Waals surface area contributed by atoms with Gasteiger partial charge in [-0.1, -0.05) is 0 Å². The maximum Gasteiger partial charge on any atom is 0.329 e. The molecule has 2 fully saturated rings. The van der Waals surface area contributed by atoms with Crippen LogP contribution in [0.1, 0.15) is 46.5 Å². The van der Waals surface area contributed by atoms with Crippen molar-refractivity contribution < 1.29 is 19.0 Å². The van der Waals surface area contributed by atoms with Gasteiger partial charge in [-0.3, -0.25) is 5.32 Å². The quantitative estimate of drug-likeness (QED) is 0.590. The molecule has 2 aliphatic rings. The van der Waals surface area contributed by atoms with Crippen LogP contribution in [-0.2, 0) is 19.0 Å². The lowest BCUT2D eigenvalue weighted by molar-refractivity contribution is -0.157. The van der Waals surface area contributed by atoms with E-state index in [2.05, 4.69) is 5.32 Å². The Balaban J connectivity index is 1.97. The van der Waals surface area contributed by atoms with Gasteiger partial charge in [0, 0.05) is 12.6 Å². The molecule has 2 atom stereocenters. The van der Waals surface area contributed by atoms with Crippen molar-refractivity contribution in [1.29, 1.82) is 0 Å². The number of nitrogens with one attached hydrogen (secondary N) is 1. The summed E-state index contributed by atoms with van der Waals surface area (Å²) in [6.07, 6.45) is 4.41. The van der Waals surface area contributed by atoms with Gasteiger partial charge in [-0.25, -0.2) is 4.79 Å². The third kappa shape index (κ3) is 4.66. The Hall–Kier alpha value is -0.650. The van der Waals surface area contributed by atoms with Crippen molar-refractivity contribution in [3.05, 3.63) is 0 Å². The molecule has 0 bridgehead atoms. The normalized spacial score (nSPS) is 22.6. The van der Waals surface area contributed by atoms with E-state index in [1.807, 2.05) is 20.8 Å². The maximum absolute atomic E-state index is 12.5. The molecule has 5 heteroatoms. The summed E-state index contributed by atoms with van der Waals surface area (Å²) in [6, 6.07) is 0.445. The fourth-order valence-electron chi connectivity index (χ4n) is 2.60. The van der Waals surface area contributed by atoms with Gasteiger partial charge >= 0.3 is 5.97 Å². The molecule has 2 saturated carbocycles. The summed E-state index contributed by atoms with van der Waals surface area (Å²) in [5.74, 6) is 0.194. The van der Waals surface area contributed by atoms with Crippen molar-refractivity contribution in [2.24, 2.45) is 5.92 Å². The zero-order valence-electron chi connectivity index (χ0n) is 13.5. The van der Waals surface area contributed by atoms with E-state index in [9.17, 15) is 4.79 Å². The average Bonchev–Trinajstić information content (AvgIpc) is 3.34. The van der Waals surface area contributed by atoms with Crippen LogP contribution < -0.4 is 5.32 Å². The summed E-state index contributed by atoms with van der Waals surface area (Å²) in [5, 5.41) is 3.52. The minimum Gasteiger partial charge on any atom is -0.465 e. The van der Waals surface area contributed by atoms with Crippen LogP contribution in [0.4, 0.5) is 0 Å². The monoisotopic (exact) mass is 299 g/mol. The lowest BCUT2D eigenvalue weighted by atomic mass is 9.93. The topological polar surface area (TPSA) is 56.8 Å². The van der Waals surface area contributed by atoms with Crippen LogP contribution >= 0.6 is 0 Å². The molecular formula is C16H29NO4. The largest absolute Gasteiger partial charge is 0.465 e. The van der Waals surface area contributed by atoms with Crippen molar-refractivity contribution in [2.75, 3.05) is 26.4 Å². The number of rotatable bonds is 11. The predicted molar refractivity (Wildman–Crippen MR) is 80.2 cm³/mol. The van der Waals surface area contributed by atoms with Crippen LogP contribution in [-0.4, -0.2) is 50.1 Å². The van der Waals surface area contributed by atoms with Gasteiger partial charge in [-0.15, -0.1) is 0 Å². The first kappa shape index (κ1) is 16.7. The molecule has 1 N–H and O–H groups in total. The summed E-state index contributed by atoms with van der Waals surface area (Å²) in [5.41, 5.74) is -0.655. The SMILES string of the molecule is CCOCC(C)OCC(NC1CC1)(C(=O)OCC)C1CC1. The van der Waals surface area contributed by atoms with E-state index in [1.54, 1.807) is 0 Å². The third-order valence-corrected chi connectivity index (χ3v) is 4.11. The standard InChI is InChI=1S/C16H29NO4/c1-4-19-10-12(3)21-11-16(13-6-7-13,15(18)20-5-2)17-14-8-9-14/h12-14,17H,4-11H2,1-3H3. The molecule has 2 unspecified atom stereocenters. The van der Waals surface area contributed by atoms with Crippen molar-refractivity contribution in [2.45, 2.75) is 64.1 Å². The molecular weight excluding hydrogens is 270 g/mol. The van der Waals surface area contributed by atoms with Crippen molar-refractivity contribution in [1.82, 2.24) is 5.32 Å². The summed E-state index contributed by atoms with van der Waals surface area (Å²) < 4.78 is 16.6. The minimum absolute atomic E-state index is 0.0153. The molecule has 21 heavy (non-hydrogen) atoms. The van der Waals surface area contributed by atoms with Gasteiger partial charge in [0.2, 0.25) is 0 Å². The van der Waals surface area contributed by atoms with Crippen molar-refractivity contribution in [3.63, 3.8) is 0 Å². The van der Waals surface area contributed by atoms with Crippen molar-refractivity contribution >= 4 is 5.97 Å². The first-order valence-corrected chi connectivity index (χ1v) is 8.26. The Morgan fingerprint density at radius 2 is 1.95 bits per heavy atom. The predicted octanol–water partition coefficient (Wildman–Crippen LogP) is 1.89. The van der Waals surface area contributed by atoms with Crippen LogP contribution in [0.2, 0.25) is 0 Å². The van der Waals surface area contributed by atoms with Gasteiger partial charge in [0.25, 0.3) is 0 Å². The van der Waals surface area contributed by atoms with E-state index < -0.39 is 5.54 Å². The Labute approximate surface area is 127 Å². The molecule has 122 valence electrons. The highest BCUT2D eigenvalue weighted by molar-refractivity contribution is 5.82. The molecule has 0 saturated heterocycles. The van der Waals surface area contributed by atoms with Gasteiger partial charge in [0.05, 0.1) is 25.9 Å².